The summed E-state index contributed by atoms with van der Waals surface area (Å²) in [6.45, 7) is 10.3. The van der Waals surface area contributed by atoms with Gasteiger partial charge in [-0.15, -0.1) is 0 Å². The standard InChI is InChI=1S/C16H22BBrO2S/c1-11-8-14(18)7-6-12(11)9-13(10-21)17-19-15(2,3)16(4,5)20-17/h6-9,21H,10H2,1-5H3. The molecule has 1 saturated heterocycles. The van der Waals surface area contributed by atoms with Gasteiger partial charge in [0.25, 0.3) is 0 Å². The van der Waals surface area contributed by atoms with Crippen LogP contribution in [-0.4, -0.2) is 24.1 Å². The summed E-state index contributed by atoms with van der Waals surface area (Å²) in [5.41, 5.74) is 2.77. The van der Waals surface area contributed by atoms with Crippen molar-refractivity contribution in [1.82, 2.24) is 0 Å². The minimum atomic E-state index is -0.337. The molecule has 21 heavy (non-hydrogen) atoms. The predicted octanol–water partition coefficient (Wildman–Crippen LogP) is 4.70. The van der Waals surface area contributed by atoms with Gasteiger partial charge in [0.2, 0.25) is 0 Å². The maximum absolute atomic E-state index is 6.10. The van der Waals surface area contributed by atoms with Crippen LogP contribution in [0.5, 0.6) is 0 Å². The molecule has 2 nitrogen and oxygen atoms in total. The van der Waals surface area contributed by atoms with Crippen LogP contribution in [0, 0.1) is 6.92 Å². The van der Waals surface area contributed by atoms with E-state index in [-0.39, 0.29) is 18.3 Å². The van der Waals surface area contributed by atoms with E-state index in [9.17, 15) is 0 Å². The third-order valence-electron chi connectivity index (χ3n) is 4.31. The number of thiol groups is 1. The highest BCUT2D eigenvalue weighted by Crippen LogP contribution is 2.39. The molecule has 1 aromatic carbocycles. The number of halogens is 1. The van der Waals surface area contributed by atoms with Crippen LogP contribution < -0.4 is 0 Å². The fourth-order valence-corrected chi connectivity index (χ4v) is 2.90. The van der Waals surface area contributed by atoms with Gasteiger partial charge < -0.3 is 9.31 Å². The summed E-state index contributed by atoms with van der Waals surface area (Å²) in [7, 11) is -0.337. The maximum Gasteiger partial charge on any atom is 0.491 e. The molecule has 0 aliphatic carbocycles. The zero-order valence-corrected chi connectivity index (χ0v) is 15.7. The Bertz CT molecular complexity index is 553. The molecule has 0 amide bonds. The first-order valence-corrected chi connectivity index (χ1v) is 8.52. The van der Waals surface area contributed by atoms with Gasteiger partial charge in [-0.25, -0.2) is 0 Å². The molecule has 1 aromatic rings. The van der Waals surface area contributed by atoms with Gasteiger partial charge in [0.1, 0.15) is 0 Å². The molecule has 1 aliphatic rings. The normalized spacial score (nSPS) is 20.9. The van der Waals surface area contributed by atoms with Crippen molar-refractivity contribution in [1.29, 1.82) is 0 Å². The Hall–Kier alpha value is -0.225. The summed E-state index contributed by atoms with van der Waals surface area (Å²) >= 11 is 7.94. The van der Waals surface area contributed by atoms with Crippen molar-refractivity contribution < 1.29 is 9.31 Å². The Labute approximate surface area is 142 Å². The van der Waals surface area contributed by atoms with Gasteiger partial charge in [-0.2, -0.15) is 12.6 Å². The Morgan fingerprint density at radius 1 is 1.24 bits per heavy atom. The van der Waals surface area contributed by atoms with Crippen molar-refractivity contribution in [2.75, 3.05) is 5.75 Å². The molecule has 0 unspecified atom stereocenters. The highest BCUT2D eigenvalue weighted by molar-refractivity contribution is 9.10. The van der Waals surface area contributed by atoms with Crippen molar-refractivity contribution in [3.8, 4) is 0 Å². The second-order valence-electron chi connectivity index (χ2n) is 6.47. The van der Waals surface area contributed by atoms with Gasteiger partial charge in [0.15, 0.2) is 0 Å². The Balaban J connectivity index is 2.31. The molecule has 0 spiro atoms. The van der Waals surface area contributed by atoms with Crippen LogP contribution in [-0.2, 0) is 9.31 Å². The van der Waals surface area contributed by atoms with E-state index in [2.05, 4.69) is 81.4 Å². The number of rotatable bonds is 3. The molecule has 1 aliphatic heterocycles. The van der Waals surface area contributed by atoms with Gasteiger partial charge in [0, 0.05) is 10.2 Å². The Morgan fingerprint density at radius 2 is 1.81 bits per heavy atom. The number of hydrogen-bond acceptors (Lipinski definition) is 3. The van der Waals surface area contributed by atoms with Gasteiger partial charge in [-0.05, 0) is 63.4 Å². The van der Waals surface area contributed by atoms with E-state index in [4.69, 9.17) is 9.31 Å². The van der Waals surface area contributed by atoms with Crippen molar-refractivity contribution >= 4 is 41.8 Å². The summed E-state index contributed by atoms with van der Waals surface area (Å²) in [4.78, 5) is 0. The van der Waals surface area contributed by atoms with Crippen LogP contribution in [0.25, 0.3) is 6.08 Å². The van der Waals surface area contributed by atoms with Crippen LogP contribution in [0.15, 0.2) is 28.1 Å². The fraction of sp³-hybridized carbons (Fsp3) is 0.500. The Kier molecular flexibility index (Phi) is 4.99. The molecule has 0 radical (unpaired) electrons. The van der Waals surface area contributed by atoms with E-state index in [1.54, 1.807) is 0 Å². The third kappa shape index (κ3) is 3.58. The molecule has 0 bridgehead atoms. The number of hydrogen-bond donors (Lipinski definition) is 1. The highest BCUT2D eigenvalue weighted by atomic mass is 79.9. The lowest BCUT2D eigenvalue weighted by Gasteiger charge is -2.32. The summed E-state index contributed by atoms with van der Waals surface area (Å²) in [6, 6.07) is 6.24. The first kappa shape index (κ1) is 17.1. The maximum atomic E-state index is 6.10. The van der Waals surface area contributed by atoms with E-state index in [0.717, 1.165) is 15.5 Å². The summed E-state index contributed by atoms with van der Waals surface area (Å²) in [6.07, 6.45) is 2.12. The van der Waals surface area contributed by atoms with Crippen molar-refractivity contribution in [2.24, 2.45) is 0 Å². The molecule has 0 N–H and O–H groups in total. The van der Waals surface area contributed by atoms with Gasteiger partial charge >= 0.3 is 7.12 Å². The summed E-state index contributed by atoms with van der Waals surface area (Å²) < 4.78 is 13.3. The second-order valence-corrected chi connectivity index (χ2v) is 7.70. The topological polar surface area (TPSA) is 18.5 Å². The lowest BCUT2D eigenvalue weighted by Crippen LogP contribution is -2.41. The molecule has 0 atom stereocenters. The van der Waals surface area contributed by atoms with Crippen molar-refractivity contribution in [2.45, 2.75) is 45.8 Å². The van der Waals surface area contributed by atoms with Crippen molar-refractivity contribution in [3.05, 3.63) is 39.3 Å². The van der Waals surface area contributed by atoms with Crippen LogP contribution in [0.4, 0.5) is 0 Å². The highest BCUT2D eigenvalue weighted by Gasteiger charge is 2.52. The molecule has 2 rings (SSSR count). The molecule has 1 fully saturated rings. The number of benzene rings is 1. The smallest absolute Gasteiger partial charge is 0.400 e. The minimum Gasteiger partial charge on any atom is -0.400 e. The zero-order valence-electron chi connectivity index (χ0n) is 13.2. The minimum absolute atomic E-state index is 0.325. The van der Waals surface area contributed by atoms with E-state index in [1.165, 1.54) is 5.56 Å². The molecule has 1 heterocycles. The first-order chi connectivity index (χ1) is 9.66. The molecule has 5 heteroatoms. The van der Waals surface area contributed by atoms with Crippen LogP contribution in [0.3, 0.4) is 0 Å². The molecule has 0 aromatic heterocycles. The number of aryl methyl sites for hydroxylation is 1. The molecular weight excluding hydrogens is 347 g/mol. The summed E-state index contributed by atoms with van der Waals surface area (Å²) in [5.74, 6) is 0.604. The third-order valence-corrected chi connectivity index (χ3v) is 5.17. The Morgan fingerprint density at radius 3 is 2.29 bits per heavy atom. The van der Waals surface area contributed by atoms with Crippen LogP contribution >= 0.6 is 28.6 Å². The van der Waals surface area contributed by atoms with E-state index in [0.29, 0.717) is 5.75 Å². The largest absolute Gasteiger partial charge is 0.491 e. The molecule has 114 valence electrons. The van der Waals surface area contributed by atoms with Gasteiger partial charge in [0.05, 0.1) is 11.2 Å². The average Bonchev–Trinajstić information content (AvgIpc) is 2.57. The molecular formula is C16H22BBrO2S. The van der Waals surface area contributed by atoms with E-state index >= 15 is 0 Å². The zero-order chi connectivity index (χ0) is 15.8. The van der Waals surface area contributed by atoms with Crippen LogP contribution in [0.1, 0.15) is 38.8 Å². The lowest BCUT2D eigenvalue weighted by atomic mass is 9.78. The average molecular weight is 369 g/mol. The quantitative estimate of drug-likeness (QED) is 0.615. The monoisotopic (exact) mass is 368 g/mol. The van der Waals surface area contributed by atoms with Gasteiger partial charge in [-0.1, -0.05) is 28.1 Å². The summed E-state index contributed by atoms with van der Waals surface area (Å²) in [5, 5.41) is 0. The SMILES string of the molecule is Cc1cc(Br)ccc1C=C(CS)B1OC(C)(C)C(C)(C)O1. The second kappa shape index (κ2) is 6.11. The lowest BCUT2D eigenvalue weighted by molar-refractivity contribution is 0.00578. The van der Waals surface area contributed by atoms with E-state index in [1.807, 2.05) is 6.07 Å². The van der Waals surface area contributed by atoms with E-state index < -0.39 is 0 Å². The fourth-order valence-electron chi connectivity index (χ4n) is 2.18. The van der Waals surface area contributed by atoms with Gasteiger partial charge in [-0.3, -0.25) is 0 Å². The predicted molar refractivity (Wildman–Crippen MR) is 96.8 cm³/mol. The van der Waals surface area contributed by atoms with Crippen molar-refractivity contribution in [3.63, 3.8) is 0 Å². The van der Waals surface area contributed by atoms with Crippen LogP contribution in [0.2, 0.25) is 0 Å². The first-order valence-electron chi connectivity index (χ1n) is 7.09. The molecule has 0 saturated carbocycles.